The van der Waals surface area contributed by atoms with Crippen molar-refractivity contribution in [3.63, 3.8) is 0 Å². The Kier molecular flexibility index (Phi) is 3.34. The van der Waals surface area contributed by atoms with E-state index in [-0.39, 0.29) is 5.82 Å². The molecule has 0 fully saturated rings. The molecule has 3 nitrogen and oxygen atoms in total. The highest BCUT2D eigenvalue weighted by Crippen LogP contribution is 2.33. The van der Waals surface area contributed by atoms with E-state index in [1.165, 1.54) is 7.11 Å². The van der Waals surface area contributed by atoms with Gasteiger partial charge in [0.1, 0.15) is 11.6 Å². The van der Waals surface area contributed by atoms with Crippen molar-refractivity contribution in [1.29, 1.82) is 0 Å². The number of halogens is 4. The predicted molar refractivity (Wildman–Crippen MR) is 63.3 cm³/mol. The van der Waals surface area contributed by atoms with Gasteiger partial charge in [-0.25, -0.2) is 4.98 Å². The number of nitrogens with zero attached hydrogens (tertiary/aromatic N) is 1. The molecule has 0 aliphatic rings. The van der Waals surface area contributed by atoms with E-state index < -0.39 is 11.9 Å². The number of hydrogen-bond donors (Lipinski definition) is 1. The van der Waals surface area contributed by atoms with Gasteiger partial charge in [-0.3, -0.25) is 0 Å². The Bertz CT molecular complexity index is 566. The van der Waals surface area contributed by atoms with Crippen LogP contribution in [0.25, 0.3) is 11.4 Å². The number of imidazole rings is 1. The van der Waals surface area contributed by atoms with Crippen LogP contribution in [0.5, 0.6) is 5.75 Å². The van der Waals surface area contributed by atoms with Crippen LogP contribution in [0.3, 0.4) is 0 Å². The summed E-state index contributed by atoms with van der Waals surface area (Å²) in [4.78, 5) is 6.01. The Balaban J connectivity index is 2.46. The molecule has 0 amide bonds. The van der Waals surface area contributed by atoms with E-state index in [2.05, 4.69) is 25.9 Å². The Hall–Kier alpha value is -1.50. The molecular weight excluding hydrogens is 313 g/mol. The normalized spacial score (nSPS) is 11.6. The van der Waals surface area contributed by atoms with Gasteiger partial charge in [0.25, 0.3) is 0 Å². The Morgan fingerprint density at radius 1 is 1.33 bits per heavy atom. The molecule has 1 aromatic heterocycles. The van der Waals surface area contributed by atoms with Crippen molar-refractivity contribution in [3.8, 4) is 17.1 Å². The maximum absolute atomic E-state index is 12.4. The van der Waals surface area contributed by atoms with Crippen LogP contribution in [0.2, 0.25) is 0 Å². The van der Waals surface area contributed by atoms with Crippen LogP contribution in [0.15, 0.2) is 28.9 Å². The van der Waals surface area contributed by atoms with E-state index in [1.807, 2.05) is 0 Å². The fraction of sp³-hybridized carbons (Fsp3) is 0.182. The summed E-state index contributed by atoms with van der Waals surface area (Å²) in [6.45, 7) is 0. The molecule has 0 aliphatic heterocycles. The smallest absolute Gasteiger partial charge is 0.434 e. The number of H-pyrrole nitrogens is 1. The number of rotatable bonds is 2. The summed E-state index contributed by atoms with van der Waals surface area (Å²) in [6.07, 6.45) is -3.63. The molecule has 0 aliphatic carbocycles. The fourth-order valence-electron chi connectivity index (χ4n) is 1.47. The van der Waals surface area contributed by atoms with Gasteiger partial charge in [0.15, 0.2) is 5.69 Å². The van der Waals surface area contributed by atoms with Crippen molar-refractivity contribution >= 4 is 15.9 Å². The predicted octanol–water partition coefficient (Wildman–Crippen LogP) is 3.87. The van der Waals surface area contributed by atoms with Crippen molar-refractivity contribution in [2.24, 2.45) is 0 Å². The molecule has 2 rings (SSSR count). The van der Waals surface area contributed by atoms with Gasteiger partial charge >= 0.3 is 6.18 Å². The second-order valence-corrected chi connectivity index (χ2v) is 4.39. The number of nitrogens with one attached hydrogen (secondary N) is 1. The zero-order chi connectivity index (χ0) is 13.3. The van der Waals surface area contributed by atoms with Gasteiger partial charge in [-0.05, 0) is 18.2 Å². The number of ether oxygens (including phenoxy) is 1. The molecule has 18 heavy (non-hydrogen) atoms. The maximum Gasteiger partial charge on any atom is 0.434 e. The molecule has 0 saturated carbocycles. The van der Waals surface area contributed by atoms with Gasteiger partial charge in [-0.2, -0.15) is 13.2 Å². The van der Waals surface area contributed by atoms with Crippen LogP contribution in [-0.4, -0.2) is 17.1 Å². The van der Waals surface area contributed by atoms with E-state index >= 15 is 0 Å². The third kappa shape index (κ3) is 2.50. The SMILES string of the molecule is COc1cc(Br)ccc1-c1nc(C(F)(F)F)c[nH]1. The Morgan fingerprint density at radius 2 is 2.06 bits per heavy atom. The fourth-order valence-corrected chi connectivity index (χ4v) is 1.81. The second-order valence-electron chi connectivity index (χ2n) is 3.48. The van der Waals surface area contributed by atoms with Crippen LogP contribution in [0, 0.1) is 0 Å². The summed E-state index contributed by atoms with van der Waals surface area (Å²) in [5.41, 5.74) is -0.487. The lowest BCUT2D eigenvalue weighted by molar-refractivity contribution is -0.140. The lowest BCUT2D eigenvalue weighted by Crippen LogP contribution is -2.04. The van der Waals surface area contributed by atoms with Gasteiger partial charge in [-0.1, -0.05) is 15.9 Å². The van der Waals surface area contributed by atoms with Crippen molar-refractivity contribution in [2.75, 3.05) is 7.11 Å². The molecule has 7 heteroatoms. The molecule has 0 unspecified atom stereocenters. The summed E-state index contributed by atoms with van der Waals surface area (Å²) in [6, 6.07) is 4.99. The van der Waals surface area contributed by atoms with Crippen LogP contribution in [0.4, 0.5) is 13.2 Å². The topological polar surface area (TPSA) is 37.9 Å². The van der Waals surface area contributed by atoms with Crippen molar-refractivity contribution < 1.29 is 17.9 Å². The zero-order valence-electron chi connectivity index (χ0n) is 9.18. The minimum Gasteiger partial charge on any atom is -0.496 e. The van der Waals surface area contributed by atoms with E-state index in [4.69, 9.17) is 4.74 Å². The van der Waals surface area contributed by atoms with Crippen LogP contribution >= 0.6 is 15.9 Å². The number of benzene rings is 1. The molecule has 0 bridgehead atoms. The first kappa shape index (κ1) is 12.9. The van der Waals surface area contributed by atoms with Gasteiger partial charge in [0, 0.05) is 10.7 Å². The average Bonchev–Trinajstić information content (AvgIpc) is 2.77. The Morgan fingerprint density at radius 3 is 2.61 bits per heavy atom. The molecule has 1 heterocycles. The van der Waals surface area contributed by atoms with E-state index in [9.17, 15) is 13.2 Å². The first-order valence-corrected chi connectivity index (χ1v) is 5.67. The van der Waals surface area contributed by atoms with E-state index in [0.29, 0.717) is 11.3 Å². The minimum absolute atomic E-state index is 0.117. The minimum atomic E-state index is -4.46. The third-order valence-corrected chi connectivity index (χ3v) is 2.78. The maximum atomic E-state index is 12.4. The number of hydrogen-bond acceptors (Lipinski definition) is 2. The molecule has 0 radical (unpaired) electrons. The van der Waals surface area contributed by atoms with Crippen molar-refractivity contribution in [2.45, 2.75) is 6.18 Å². The highest BCUT2D eigenvalue weighted by atomic mass is 79.9. The lowest BCUT2D eigenvalue weighted by Gasteiger charge is -2.06. The molecule has 1 N–H and O–H groups in total. The van der Waals surface area contributed by atoms with Gasteiger partial charge in [0.05, 0.1) is 12.7 Å². The summed E-state index contributed by atoms with van der Waals surface area (Å²) >= 11 is 3.26. The van der Waals surface area contributed by atoms with Gasteiger partial charge in [0.2, 0.25) is 0 Å². The molecule has 0 atom stereocenters. The summed E-state index contributed by atoms with van der Waals surface area (Å²) < 4.78 is 43.2. The lowest BCUT2D eigenvalue weighted by atomic mass is 10.2. The molecule has 1 aromatic carbocycles. The van der Waals surface area contributed by atoms with Crippen molar-refractivity contribution in [3.05, 3.63) is 34.6 Å². The first-order valence-electron chi connectivity index (χ1n) is 4.88. The number of alkyl halides is 3. The monoisotopic (exact) mass is 320 g/mol. The molecule has 0 saturated heterocycles. The van der Waals surface area contributed by atoms with Crippen molar-refractivity contribution in [1.82, 2.24) is 9.97 Å². The summed E-state index contributed by atoms with van der Waals surface area (Å²) in [5, 5.41) is 0. The van der Waals surface area contributed by atoms with Crippen LogP contribution < -0.4 is 4.74 Å². The Labute approximate surface area is 109 Å². The van der Waals surface area contributed by atoms with E-state index in [0.717, 1.165) is 10.7 Å². The third-order valence-electron chi connectivity index (χ3n) is 2.29. The largest absolute Gasteiger partial charge is 0.496 e. The molecule has 2 aromatic rings. The highest BCUT2D eigenvalue weighted by molar-refractivity contribution is 9.10. The first-order chi connectivity index (χ1) is 8.41. The molecular formula is C11H8BrF3N2O. The summed E-state index contributed by atoms with van der Waals surface area (Å²) in [5.74, 6) is 0.555. The summed E-state index contributed by atoms with van der Waals surface area (Å²) in [7, 11) is 1.44. The number of aromatic nitrogens is 2. The number of aromatic amines is 1. The second kappa shape index (κ2) is 4.64. The average molecular weight is 321 g/mol. The van der Waals surface area contributed by atoms with Crippen LogP contribution in [-0.2, 0) is 6.18 Å². The van der Waals surface area contributed by atoms with Crippen LogP contribution in [0.1, 0.15) is 5.69 Å². The van der Waals surface area contributed by atoms with Gasteiger partial charge in [-0.15, -0.1) is 0 Å². The molecule has 0 spiro atoms. The zero-order valence-corrected chi connectivity index (χ0v) is 10.8. The highest BCUT2D eigenvalue weighted by Gasteiger charge is 2.34. The quantitative estimate of drug-likeness (QED) is 0.912. The van der Waals surface area contributed by atoms with Gasteiger partial charge < -0.3 is 9.72 Å². The molecule has 96 valence electrons. The van der Waals surface area contributed by atoms with E-state index in [1.54, 1.807) is 18.2 Å². The number of methoxy groups -OCH3 is 1. The standard InChI is InChI=1S/C11H8BrF3N2O/c1-18-8-4-6(12)2-3-7(8)10-16-5-9(17-10)11(13,14)15/h2-5H,1H3,(H,16,17).